The normalized spacial score (nSPS) is 15.6. The molecule has 0 unspecified atom stereocenters. The lowest BCUT2D eigenvalue weighted by molar-refractivity contribution is -0.122. The Hall–Kier alpha value is -2.31. The molecule has 1 aliphatic rings. The maximum Gasteiger partial charge on any atom is 0.266 e. The van der Waals surface area contributed by atoms with Crippen LogP contribution < -0.4 is 9.47 Å². The Morgan fingerprint density at radius 1 is 1.12 bits per heavy atom. The molecule has 1 heterocycles. The van der Waals surface area contributed by atoms with Gasteiger partial charge < -0.3 is 9.47 Å². The van der Waals surface area contributed by atoms with Crippen molar-refractivity contribution >= 4 is 40.3 Å². The Bertz CT molecular complexity index is 849. The van der Waals surface area contributed by atoms with Crippen LogP contribution in [-0.2, 0) is 11.2 Å². The molecule has 3 rings (SSSR count). The first-order chi connectivity index (χ1) is 12.6. The predicted molar refractivity (Wildman–Crippen MR) is 110 cm³/mol. The number of carbonyl (C=O) groups excluding carboxylic acids is 1. The number of thiocarbonyl (C=S) groups is 1. The fraction of sp³-hybridized carbons (Fsp3) is 0.200. The molecule has 6 heteroatoms. The molecule has 1 fully saturated rings. The zero-order valence-electron chi connectivity index (χ0n) is 14.6. The van der Waals surface area contributed by atoms with Crippen molar-refractivity contribution in [1.29, 1.82) is 0 Å². The van der Waals surface area contributed by atoms with Gasteiger partial charge in [-0.05, 0) is 36.3 Å². The quantitative estimate of drug-likeness (QED) is 0.552. The molecule has 1 saturated heterocycles. The van der Waals surface area contributed by atoms with Crippen LogP contribution in [0.25, 0.3) is 6.08 Å². The molecule has 0 radical (unpaired) electrons. The van der Waals surface area contributed by atoms with E-state index < -0.39 is 0 Å². The second kappa shape index (κ2) is 8.38. The van der Waals surface area contributed by atoms with Crippen molar-refractivity contribution < 1.29 is 14.3 Å². The van der Waals surface area contributed by atoms with E-state index in [9.17, 15) is 4.79 Å². The first kappa shape index (κ1) is 18.5. The van der Waals surface area contributed by atoms with Gasteiger partial charge in [0.2, 0.25) is 0 Å². The lowest BCUT2D eigenvalue weighted by atomic mass is 10.1. The number of amides is 1. The van der Waals surface area contributed by atoms with Crippen molar-refractivity contribution in [3.05, 3.63) is 64.6 Å². The Balaban J connectivity index is 1.79. The minimum Gasteiger partial charge on any atom is -0.497 e. The van der Waals surface area contributed by atoms with E-state index in [0.29, 0.717) is 27.3 Å². The molecule has 1 amide bonds. The average molecular weight is 386 g/mol. The van der Waals surface area contributed by atoms with E-state index in [-0.39, 0.29) is 5.91 Å². The summed E-state index contributed by atoms with van der Waals surface area (Å²) in [5.41, 5.74) is 1.97. The number of rotatable bonds is 6. The predicted octanol–water partition coefficient (Wildman–Crippen LogP) is 4.15. The van der Waals surface area contributed by atoms with Gasteiger partial charge in [-0.3, -0.25) is 9.69 Å². The minimum atomic E-state index is -0.0687. The highest BCUT2D eigenvalue weighted by molar-refractivity contribution is 8.26. The molecule has 0 aromatic heterocycles. The standard InChI is InChI=1S/C20H19NO3S2/c1-23-16-8-9-17(24-2)15(12-16)13-18-19(22)21(20(25)26-18)11-10-14-6-4-3-5-7-14/h3-9,12-13H,10-11H2,1-2H3. The number of methoxy groups -OCH3 is 2. The van der Waals surface area contributed by atoms with Crippen molar-refractivity contribution in [1.82, 2.24) is 4.90 Å². The van der Waals surface area contributed by atoms with Gasteiger partial charge in [0.1, 0.15) is 15.8 Å². The summed E-state index contributed by atoms with van der Waals surface area (Å²) in [4.78, 5) is 15.0. The van der Waals surface area contributed by atoms with E-state index in [1.54, 1.807) is 19.1 Å². The molecular formula is C20H19NO3S2. The van der Waals surface area contributed by atoms with Gasteiger partial charge in [0.05, 0.1) is 19.1 Å². The van der Waals surface area contributed by atoms with Crippen LogP contribution >= 0.6 is 24.0 Å². The van der Waals surface area contributed by atoms with Gasteiger partial charge in [0, 0.05) is 12.1 Å². The molecule has 0 N–H and O–H groups in total. The molecule has 0 aliphatic carbocycles. The summed E-state index contributed by atoms with van der Waals surface area (Å²) in [6, 6.07) is 15.6. The second-order valence-electron chi connectivity index (χ2n) is 5.68. The van der Waals surface area contributed by atoms with Gasteiger partial charge in [-0.25, -0.2) is 0 Å². The van der Waals surface area contributed by atoms with Crippen molar-refractivity contribution in [3.8, 4) is 11.5 Å². The van der Waals surface area contributed by atoms with Crippen molar-refractivity contribution in [2.75, 3.05) is 20.8 Å². The molecule has 4 nitrogen and oxygen atoms in total. The third kappa shape index (κ3) is 4.08. The van der Waals surface area contributed by atoms with Crippen molar-refractivity contribution in [2.45, 2.75) is 6.42 Å². The fourth-order valence-corrected chi connectivity index (χ4v) is 3.97. The molecule has 0 atom stereocenters. The number of nitrogens with zero attached hydrogens (tertiary/aromatic N) is 1. The molecule has 1 aliphatic heterocycles. The summed E-state index contributed by atoms with van der Waals surface area (Å²) in [5.74, 6) is 1.32. The number of thioether (sulfide) groups is 1. The molecule has 0 spiro atoms. The van der Waals surface area contributed by atoms with E-state index in [1.165, 1.54) is 17.3 Å². The lowest BCUT2D eigenvalue weighted by Crippen LogP contribution is -2.30. The molecule has 2 aromatic rings. The third-order valence-electron chi connectivity index (χ3n) is 4.06. The van der Waals surface area contributed by atoms with Gasteiger partial charge >= 0.3 is 0 Å². The highest BCUT2D eigenvalue weighted by atomic mass is 32.2. The van der Waals surface area contributed by atoms with Gasteiger partial charge in [-0.1, -0.05) is 54.3 Å². The highest BCUT2D eigenvalue weighted by Gasteiger charge is 2.31. The third-order valence-corrected chi connectivity index (χ3v) is 5.44. The molecule has 134 valence electrons. The molecule has 0 saturated carbocycles. The van der Waals surface area contributed by atoms with Gasteiger partial charge in [-0.15, -0.1) is 0 Å². The van der Waals surface area contributed by atoms with Crippen LogP contribution in [0.15, 0.2) is 53.4 Å². The minimum absolute atomic E-state index is 0.0687. The van der Waals surface area contributed by atoms with Crippen molar-refractivity contribution in [3.63, 3.8) is 0 Å². The first-order valence-corrected chi connectivity index (χ1v) is 9.36. The van der Waals surface area contributed by atoms with Crippen LogP contribution in [-0.4, -0.2) is 35.9 Å². The lowest BCUT2D eigenvalue weighted by Gasteiger charge is -2.14. The Labute approximate surface area is 162 Å². The molecule has 2 aromatic carbocycles. The Morgan fingerprint density at radius 3 is 2.58 bits per heavy atom. The van der Waals surface area contributed by atoms with Crippen LogP contribution in [0.2, 0.25) is 0 Å². The zero-order chi connectivity index (χ0) is 18.5. The van der Waals surface area contributed by atoms with Crippen LogP contribution in [0.1, 0.15) is 11.1 Å². The van der Waals surface area contributed by atoms with E-state index in [0.717, 1.165) is 12.0 Å². The van der Waals surface area contributed by atoms with Gasteiger partial charge in [0.25, 0.3) is 5.91 Å². The Kier molecular flexibility index (Phi) is 5.96. The maximum atomic E-state index is 12.8. The van der Waals surface area contributed by atoms with Crippen molar-refractivity contribution in [2.24, 2.45) is 0 Å². The maximum absolute atomic E-state index is 12.8. The second-order valence-corrected chi connectivity index (χ2v) is 7.35. The summed E-state index contributed by atoms with van der Waals surface area (Å²) < 4.78 is 11.2. The largest absolute Gasteiger partial charge is 0.497 e. The number of hydrogen-bond acceptors (Lipinski definition) is 5. The summed E-state index contributed by atoms with van der Waals surface area (Å²) in [5, 5.41) is 0. The average Bonchev–Trinajstić information content (AvgIpc) is 2.93. The van der Waals surface area contributed by atoms with E-state index >= 15 is 0 Å². The number of benzene rings is 2. The van der Waals surface area contributed by atoms with Gasteiger partial charge in [0.15, 0.2) is 0 Å². The topological polar surface area (TPSA) is 38.8 Å². The zero-order valence-corrected chi connectivity index (χ0v) is 16.2. The van der Waals surface area contributed by atoms with Crippen LogP contribution in [0, 0.1) is 0 Å². The number of ether oxygens (including phenoxy) is 2. The summed E-state index contributed by atoms with van der Waals surface area (Å²) >= 11 is 6.72. The summed E-state index contributed by atoms with van der Waals surface area (Å²) in [6.45, 7) is 0.571. The first-order valence-electron chi connectivity index (χ1n) is 8.13. The van der Waals surface area contributed by atoms with Crippen LogP contribution in [0.5, 0.6) is 11.5 Å². The van der Waals surface area contributed by atoms with Crippen LogP contribution in [0.3, 0.4) is 0 Å². The highest BCUT2D eigenvalue weighted by Crippen LogP contribution is 2.35. The number of hydrogen-bond donors (Lipinski definition) is 0. The van der Waals surface area contributed by atoms with Crippen LogP contribution in [0.4, 0.5) is 0 Å². The molecule has 26 heavy (non-hydrogen) atoms. The SMILES string of the molecule is COc1ccc(OC)c(C=C2SC(=S)N(CCc3ccccc3)C2=O)c1. The molecule has 0 bridgehead atoms. The smallest absolute Gasteiger partial charge is 0.266 e. The Morgan fingerprint density at radius 2 is 1.88 bits per heavy atom. The van der Waals surface area contributed by atoms with E-state index in [2.05, 4.69) is 12.1 Å². The number of carbonyl (C=O) groups is 1. The fourth-order valence-electron chi connectivity index (χ4n) is 2.67. The summed E-state index contributed by atoms with van der Waals surface area (Å²) in [6.07, 6.45) is 2.58. The summed E-state index contributed by atoms with van der Waals surface area (Å²) in [7, 11) is 3.21. The van der Waals surface area contributed by atoms with E-state index in [4.69, 9.17) is 21.7 Å². The van der Waals surface area contributed by atoms with Gasteiger partial charge in [-0.2, -0.15) is 0 Å². The monoisotopic (exact) mass is 385 g/mol. The van der Waals surface area contributed by atoms with E-state index in [1.807, 2.05) is 42.5 Å². The molecular weight excluding hydrogens is 366 g/mol.